The summed E-state index contributed by atoms with van der Waals surface area (Å²) >= 11 is 13.7. The van der Waals surface area contributed by atoms with Crippen LogP contribution in [0.15, 0.2) is 64.6 Å². The predicted octanol–water partition coefficient (Wildman–Crippen LogP) is 4.86. The zero-order valence-corrected chi connectivity index (χ0v) is 30.0. The molecule has 19 heteroatoms. The second-order valence-electron chi connectivity index (χ2n) is 11.4. The van der Waals surface area contributed by atoms with Crippen LogP contribution in [0, 0.1) is 11.1 Å². The molecule has 2 atom stereocenters. The van der Waals surface area contributed by atoms with Gasteiger partial charge in [-0.1, -0.05) is 35.3 Å². The molecule has 1 aliphatic carbocycles. The van der Waals surface area contributed by atoms with Crippen molar-refractivity contribution < 1.29 is 49.4 Å². The van der Waals surface area contributed by atoms with Crippen LogP contribution in [0.2, 0.25) is 10.0 Å². The summed E-state index contributed by atoms with van der Waals surface area (Å²) in [5.41, 5.74) is 0.481. The van der Waals surface area contributed by atoms with Crippen LogP contribution in [0.25, 0.3) is 0 Å². The van der Waals surface area contributed by atoms with Crippen molar-refractivity contribution >= 4 is 61.0 Å². The minimum Gasteiger partial charge on any atom is -0.619 e. The highest BCUT2D eigenvalue weighted by Crippen LogP contribution is 2.39. The van der Waals surface area contributed by atoms with Gasteiger partial charge >= 0.3 is 12.6 Å². The molecule has 12 nitrogen and oxygen atoms in total. The molecule has 2 fully saturated rings. The van der Waals surface area contributed by atoms with Crippen molar-refractivity contribution in [2.45, 2.75) is 47.1 Å². The average Bonchev–Trinajstić information content (AvgIpc) is 3.73. The Morgan fingerprint density at radius 3 is 2.37 bits per heavy atom. The van der Waals surface area contributed by atoms with Gasteiger partial charge in [-0.25, -0.2) is 25.9 Å². The lowest BCUT2D eigenvalue weighted by atomic mass is 10.0. The summed E-state index contributed by atoms with van der Waals surface area (Å²) in [5, 5.41) is 10.4. The maximum absolute atomic E-state index is 13.8. The second-order valence-corrected chi connectivity index (χ2v) is 17.4. The van der Waals surface area contributed by atoms with Gasteiger partial charge in [0, 0.05) is 38.4 Å². The Kier molecular flexibility index (Phi) is 11.5. The summed E-state index contributed by atoms with van der Waals surface area (Å²) in [6, 6.07) is 8.80. The van der Waals surface area contributed by atoms with E-state index in [9.17, 15) is 35.6 Å². The molecule has 1 saturated heterocycles. The number of pyridine rings is 1. The highest BCUT2D eigenvalue weighted by molar-refractivity contribution is 8.02. The highest BCUT2D eigenvalue weighted by Gasteiger charge is 2.42. The molecule has 5 rings (SSSR count). The number of alkyl halides is 2. The van der Waals surface area contributed by atoms with Crippen LogP contribution in [0.3, 0.4) is 0 Å². The molecule has 1 saturated carbocycles. The SMILES string of the molecule is CN(C)S(=O)(=O)c1cccc(S(=O)(=O)N2CCS[C@H]2C(=O)O[C@@H](Cc2c(Cl)c[n+]([O-])cc2Cl)c2ccc(OC(F)F)c(OCC3CC3)c2)c1. The van der Waals surface area contributed by atoms with Crippen molar-refractivity contribution in [1.82, 2.24) is 8.61 Å². The van der Waals surface area contributed by atoms with Gasteiger partial charge in [-0.15, -0.1) is 11.8 Å². The number of ether oxygens (including phenoxy) is 3. The molecule has 2 aliphatic rings. The lowest BCUT2D eigenvalue weighted by molar-refractivity contribution is -0.605. The number of carbonyl (C=O) groups is 1. The summed E-state index contributed by atoms with van der Waals surface area (Å²) in [7, 11) is -5.76. The van der Waals surface area contributed by atoms with Crippen molar-refractivity contribution in [2.24, 2.45) is 5.92 Å². The minimum absolute atomic E-state index is 0.0274. The average molecular weight is 783 g/mol. The molecule has 1 aliphatic heterocycles. The molecule has 266 valence electrons. The van der Waals surface area contributed by atoms with E-state index < -0.39 is 44.1 Å². The van der Waals surface area contributed by atoms with Crippen LogP contribution < -0.4 is 14.2 Å². The molecule has 2 aromatic carbocycles. The Labute approximate surface area is 296 Å². The summed E-state index contributed by atoms with van der Waals surface area (Å²) < 4.78 is 98.1. The first-order valence-corrected chi connectivity index (χ1v) is 19.4. The molecule has 1 aromatic heterocycles. The van der Waals surface area contributed by atoms with Crippen LogP contribution in [0.1, 0.15) is 30.1 Å². The van der Waals surface area contributed by atoms with Crippen LogP contribution in [-0.4, -0.2) is 76.4 Å². The lowest BCUT2D eigenvalue weighted by Crippen LogP contribution is -2.40. The number of esters is 1. The molecule has 0 spiro atoms. The summed E-state index contributed by atoms with van der Waals surface area (Å²) in [6.45, 7) is -2.98. The lowest BCUT2D eigenvalue weighted by Gasteiger charge is -2.26. The molecule has 0 bridgehead atoms. The van der Waals surface area contributed by atoms with Gasteiger partial charge < -0.3 is 19.4 Å². The molecule has 0 N–H and O–H groups in total. The van der Waals surface area contributed by atoms with Gasteiger partial charge in [-0.05, 0) is 54.7 Å². The number of rotatable bonds is 14. The van der Waals surface area contributed by atoms with Gasteiger partial charge in [0.25, 0.3) is 0 Å². The van der Waals surface area contributed by atoms with E-state index in [1.807, 2.05) is 0 Å². The third kappa shape index (κ3) is 8.69. The van der Waals surface area contributed by atoms with E-state index in [1.54, 1.807) is 0 Å². The van der Waals surface area contributed by atoms with Crippen LogP contribution >= 0.6 is 35.0 Å². The second kappa shape index (κ2) is 15.1. The number of sulfonamides is 2. The Morgan fingerprint density at radius 2 is 1.73 bits per heavy atom. The maximum Gasteiger partial charge on any atom is 0.387 e. The number of benzene rings is 2. The fourth-order valence-corrected chi connectivity index (χ4v) is 9.60. The quantitative estimate of drug-likeness (QED) is 0.126. The number of thioether (sulfide) groups is 1. The van der Waals surface area contributed by atoms with E-state index in [4.69, 9.17) is 32.7 Å². The van der Waals surface area contributed by atoms with E-state index in [0.29, 0.717) is 4.73 Å². The third-order valence-corrected chi connectivity index (χ3v) is 13.3. The Morgan fingerprint density at radius 1 is 1.06 bits per heavy atom. The van der Waals surface area contributed by atoms with Gasteiger partial charge in [0.05, 0.1) is 16.4 Å². The predicted molar refractivity (Wildman–Crippen MR) is 177 cm³/mol. The first-order chi connectivity index (χ1) is 23.1. The topological polar surface area (TPSA) is 146 Å². The minimum atomic E-state index is -4.41. The smallest absolute Gasteiger partial charge is 0.387 e. The van der Waals surface area contributed by atoms with Gasteiger partial charge in [0.15, 0.2) is 29.3 Å². The van der Waals surface area contributed by atoms with E-state index in [0.717, 1.165) is 51.7 Å². The number of hydrogen-bond acceptors (Lipinski definition) is 10. The molecule has 0 radical (unpaired) electrons. The number of aromatic nitrogens is 1. The molecule has 3 aromatic rings. The molecule has 49 heavy (non-hydrogen) atoms. The van der Waals surface area contributed by atoms with Crippen molar-refractivity contribution in [1.29, 1.82) is 0 Å². The molecular formula is C30H31Cl2F2N3O9S3. The zero-order chi connectivity index (χ0) is 35.7. The van der Waals surface area contributed by atoms with Gasteiger partial charge in [-0.2, -0.15) is 17.8 Å². The van der Waals surface area contributed by atoms with Crippen LogP contribution in [0.4, 0.5) is 8.78 Å². The van der Waals surface area contributed by atoms with Crippen molar-refractivity contribution in [3.05, 3.63) is 81.2 Å². The number of nitrogens with zero attached hydrogens (tertiary/aromatic N) is 3. The molecule has 2 heterocycles. The van der Waals surface area contributed by atoms with Crippen LogP contribution in [-0.2, 0) is 36.0 Å². The summed E-state index contributed by atoms with van der Waals surface area (Å²) in [4.78, 5) is 13.3. The Hall–Kier alpha value is -2.93. The zero-order valence-electron chi connectivity index (χ0n) is 26.0. The number of carbonyl (C=O) groups excluding carboxylic acids is 1. The normalized spacial score (nSPS) is 17.8. The van der Waals surface area contributed by atoms with E-state index >= 15 is 0 Å². The summed E-state index contributed by atoms with van der Waals surface area (Å²) in [5.74, 6) is -0.759. The Bertz CT molecular complexity index is 1910. The first-order valence-electron chi connectivity index (χ1n) is 14.7. The van der Waals surface area contributed by atoms with Gasteiger partial charge in [0.2, 0.25) is 20.0 Å². The van der Waals surface area contributed by atoms with Crippen molar-refractivity contribution in [2.75, 3.05) is 33.0 Å². The number of halogens is 4. The highest BCUT2D eigenvalue weighted by atomic mass is 35.5. The largest absolute Gasteiger partial charge is 0.619 e. The fourth-order valence-electron chi connectivity index (χ4n) is 4.89. The Balaban J connectivity index is 1.48. The monoisotopic (exact) mass is 781 g/mol. The van der Waals surface area contributed by atoms with E-state index in [2.05, 4.69) is 4.74 Å². The van der Waals surface area contributed by atoms with Crippen LogP contribution in [0.5, 0.6) is 11.5 Å². The van der Waals surface area contributed by atoms with Crippen molar-refractivity contribution in [3.63, 3.8) is 0 Å². The van der Waals surface area contributed by atoms with Crippen molar-refractivity contribution in [3.8, 4) is 11.5 Å². The molecule has 0 amide bonds. The molecule has 0 unspecified atom stereocenters. The maximum atomic E-state index is 13.8. The first kappa shape index (κ1) is 37.3. The van der Waals surface area contributed by atoms with E-state index in [1.165, 1.54) is 50.5 Å². The van der Waals surface area contributed by atoms with Gasteiger partial charge in [-0.3, -0.25) is 0 Å². The molecular weight excluding hydrogens is 751 g/mol. The number of hydrogen-bond donors (Lipinski definition) is 0. The third-order valence-electron chi connectivity index (χ3n) is 7.67. The standard InChI is InChI=1S/C30H31Cl2F2N3O9S3/c1-35(2)48(40,41)20-4-3-5-21(13-20)49(42,43)37-10-11-47-28(37)29(38)45-26(14-22-23(31)15-36(39)16-24(22)32)19-8-9-25(46-30(33)34)27(12-19)44-17-18-6-7-18/h3-5,8-9,12-13,15-16,18,26,28,30H,6-7,10-11,14,17H2,1-2H3/t26-,28-/m0/s1. The fraction of sp³-hybridized carbons (Fsp3) is 0.400. The summed E-state index contributed by atoms with van der Waals surface area (Å²) in [6.07, 6.45) is 2.52. The van der Waals surface area contributed by atoms with Gasteiger partial charge in [0.1, 0.15) is 16.1 Å². The van der Waals surface area contributed by atoms with E-state index in [-0.39, 0.29) is 73.7 Å².